The van der Waals surface area contributed by atoms with E-state index in [1.54, 1.807) is 30.1 Å². The summed E-state index contributed by atoms with van der Waals surface area (Å²) in [5, 5.41) is 14.5. The quantitative estimate of drug-likeness (QED) is 0.790. The van der Waals surface area contributed by atoms with Crippen molar-refractivity contribution in [3.63, 3.8) is 0 Å². The number of urea groups is 1. The van der Waals surface area contributed by atoms with Gasteiger partial charge < -0.3 is 10.2 Å². The first kappa shape index (κ1) is 15.9. The summed E-state index contributed by atoms with van der Waals surface area (Å²) in [5.74, 6) is 0. The molecule has 0 bridgehead atoms. The molecule has 0 aliphatic heterocycles. The standard InChI is InChI=1S/C16H15ClN6O/c1-22(10-12-3-2-4-13(17)9-12)16(24)19-14-5-7-15(8-6-14)23-11-18-20-21-23/h2-9,11H,10H2,1H3,(H,19,24). The number of aromatic nitrogens is 4. The molecule has 0 fully saturated rings. The molecule has 0 saturated heterocycles. The Hall–Kier alpha value is -2.93. The number of carbonyl (C=O) groups excluding carboxylic acids is 1. The van der Waals surface area contributed by atoms with E-state index >= 15 is 0 Å². The molecule has 0 radical (unpaired) electrons. The van der Waals surface area contributed by atoms with Gasteiger partial charge in [-0.3, -0.25) is 0 Å². The first-order chi connectivity index (χ1) is 11.6. The Morgan fingerprint density at radius 2 is 2.04 bits per heavy atom. The fraction of sp³-hybridized carbons (Fsp3) is 0.125. The minimum Gasteiger partial charge on any atom is -0.323 e. The molecule has 0 aliphatic carbocycles. The van der Waals surface area contributed by atoms with Gasteiger partial charge in [0.05, 0.1) is 5.69 Å². The molecule has 122 valence electrons. The number of nitrogens with one attached hydrogen (secondary N) is 1. The number of tetrazole rings is 1. The third-order valence-corrected chi connectivity index (χ3v) is 3.62. The number of hydrogen-bond acceptors (Lipinski definition) is 4. The molecule has 7 nitrogen and oxygen atoms in total. The number of amides is 2. The molecule has 0 aliphatic rings. The molecule has 24 heavy (non-hydrogen) atoms. The molecule has 0 saturated carbocycles. The molecule has 8 heteroatoms. The first-order valence-electron chi connectivity index (χ1n) is 7.22. The van der Waals surface area contributed by atoms with E-state index in [0.29, 0.717) is 17.3 Å². The number of benzene rings is 2. The first-order valence-corrected chi connectivity index (χ1v) is 7.59. The maximum absolute atomic E-state index is 12.3. The van der Waals surface area contributed by atoms with Gasteiger partial charge in [-0.25, -0.2) is 9.48 Å². The monoisotopic (exact) mass is 342 g/mol. The minimum atomic E-state index is -0.204. The van der Waals surface area contributed by atoms with Crippen LogP contribution in [0, 0.1) is 0 Å². The van der Waals surface area contributed by atoms with Crippen molar-refractivity contribution in [2.75, 3.05) is 12.4 Å². The van der Waals surface area contributed by atoms with E-state index < -0.39 is 0 Å². The van der Waals surface area contributed by atoms with Gasteiger partial charge in [0.2, 0.25) is 0 Å². The van der Waals surface area contributed by atoms with Crippen LogP contribution in [0.2, 0.25) is 5.02 Å². The molecular weight excluding hydrogens is 328 g/mol. The van der Waals surface area contributed by atoms with E-state index in [0.717, 1.165) is 11.3 Å². The van der Waals surface area contributed by atoms with Crippen LogP contribution in [0.4, 0.5) is 10.5 Å². The molecule has 0 atom stereocenters. The predicted octanol–water partition coefficient (Wildman–Crippen LogP) is 2.98. The van der Waals surface area contributed by atoms with Crippen LogP contribution in [0.3, 0.4) is 0 Å². The zero-order valence-corrected chi connectivity index (χ0v) is 13.7. The van der Waals surface area contributed by atoms with Crippen molar-refractivity contribution in [2.24, 2.45) is 0 Å². The topological polar surface area (TPSA) is 75.9 Å². The summed E-state index contributed by atoms with van der Waals surface area (Å²) >= 11 is 5.96. The van der Waals surface area contributed by atoms with Crippen molar-refractivity contribution in [3.05, 3.63) is 65.4 Å². The number of carbonyl (C=O) groups is 1. The van der Waals surface area contributed by atoms with E-state index in [-0.39, 0.29) is 6.03 Å². The van der Waals surface area contributed by atoms with Crippen LogP contribution in [0.1, 0.15) is 5.56 Å². The van der Waals surface area contributed by atoms with Gasteiger partial charge in [0.1, 0.15) is 6.33 Å². The summed E-state index contributed by atoms with van der Waals surface area (Å²) in [6.45, 7) is 0.467. The van der Waals surface area contributed by atoms with Crippen molar-refractivity contribution in [1.82, 2.24) is 25.1 Å². The molecule has 3 rings (SSSR count). The Balaban J connectivity index is 1.61. The van der Waals surface area contributed by atoms with Crippen molar-refractivity contribution in [1.29, 1.82) is 0 Å². The van der Waals surface area contributed by atoms with Crippen LogP contribution in [0.25, 0.3) is 5.69 Å². The third kappa shape index (κ3) is 3.88. The van der Waals surface area contributed by atoms with Gasteiger partial charge in [0, 0.05) is 24.3 Å². The molecule has 1 heterocycles. The molecule has 0 unspecified atom stereocenters. The van der Waals surface area contributed by atoms with Crippen LogP contribution in [-0.4, -0.2) is 38.2 Å². The SMILES string of the molecule is CN(Cc1cccc(Cl)c1)C(=O)Nc1ccc(-n2cnnn2)cc1. The fourth-order valence-electron chi connectivity index (χ4n) is 2.18. The molecule has 2 amide bonds. The fourth-order valence-corrected chi connectivity index (χ4v) is 2.39. The van der Waals surface area contributed by atoms with Crippen LogP contribution in [0.15, 0.2) is 54.9 Å². The van der Waals surface area contributed by atoms with E-state index in [9.17, 15) is 4.79 Å². The number of halogens is 1. The normalized spacial score (nSPS) is 10.4. The number of anilines is 1. The smallest absolute Gasteiger partial charge is 0.321 e. The number of rotatable bonds is 4. The lowest BCUT2D eigenvalue weighted by molar-refractivity contribution is 0.220. The second-order valence-electron chi connectivity index (χ2n) is 5.22. The van der Waals surface area contributed by atoms with Crippen LogP contribution >= 0.6 is 11.6 Å². The van der Waals surface area contributed by atoms with Gasteiger partial charge in [-0.2, -0.15) is 0 Å². The van der Waals surface area contributed by atoms with Crippen LogP contribution in [-0.2, 0) is 6.54 Å². The Labute approximate surface area is 143 Å². The molecule has 2 aromatic carbocycles. The van der Waals surface area contributed by atoms with E-state index in [1.165, 1.54) is 11.0 Å². The number of nitrogens with zero attached hydrogens (tertiary/aromatic N) is 5. The van der Waals surface area contributed by atoms with Gasteiger partial charge in [-0.15, -0.1) is 5.10 Å². The lowest BCUT2D eigenvalue weighted by atomic mass is 10.2. The van der Waals surface area contributed by atoms with Crippen LogP contribution < -0.4 is 5.32 Å². The molecular formula is C16H15ClN6O. The summed E-state index contributed by atoms with van der Waals surface area (Å²) in [4.78, 5) is 13.8. The van der Waals surface area contributed by atoms with Gasteiger partial charge in [-0.05, 0) is 52.4 Å². The molecule has 3 aromatic rings. The molecule has 1 N–H and O–H groups in total. The van der Waals surface area contributed by atoms with Gasteiger partial charge >= 0.3 is 6.03 Å². The van der Waals surface area contributed by atoms with Gasteiger partial charge in [0.15, 0.2) is 0 Å². The number of hydrogen-bond donors (Lipinski definition) is 1. The third-order valence-electron chi connectivity index (χ3n) is 3.39. The highest BCUT2D eigenvalue weighted by Gasteiger charge is 2.10. The lowest BCUT2D eigenvalue weighted by Gasteiger charge is -2.18. The van der Waals surface area contributed by atoms with Crippen molar-refractivity contribution >= 4 is 23.3 Å². The summed E-state index contributed by atoms with van der Waals surface area (Å²) in [7, 11) is 1.73. The zero-order valence-electron chi connectivity index (χ0n) is 12.9. The largest absolute Gasteiger partial charge is 0.323 e. The Kier molecular flexibility index (Phi) is 4.72. The lowest BCUT2D eigenvalue weighted by Crippen LogP contribution is -2.30. The van der Waals surface area contributed by atoms with E-state index in [2.05, 4.69) is 20.8 Å². The van der Waals surface area contributed by atoms with Gasteiger partial charge in [0.25, 0.3) is 0 Å². The zero-order chi connectivity index (χ0) is 16.9. The summed E-state index contributed by atoms with van der Waals surface area (Å²) in [6.07, 6.45) is 1.51. The highest BCUT2D eigenvalue weighted by atomic mass is 35.5. The second-order valence-corrected chi connectivity index (χ2v) is 5.65. The van der Waals surface area contributed by atoms with Crippen LogP contribution in [0.5, 0.6) is 0 Å². The molecule has 1 aromatic heterocycles. The van der Waals surface area contributed by atoms with Gasteiger partial charge in [-0.1, -0.05) is 23.7 Å². The van der Waals surface area contributed by atoms with E-state index in [4.69, 9.17) is 11.6 Å². The highest BCUT2D eigenvalue weighted by Crippen LogP contribution is 2.15. The summed E-state index contributed by atoms with van der Waals surface area (Å²) in [6, 6.07) is 14.5. The highest BCUT2D eigenvalue weighted by molar-refractivity contribution is 6.30. The van der Waals surface area contributed by atoms with Crippen molar-refractivity contribution in [3.8, 4) is 5.69 Å². The Morgan fingerprint density at radius 3 is 2.71 bits per heavy atom. The average molecular weight is 343 g/mol. The maximum Gasteiger partial charge on any atom is 0.321 e. The summed E-state index contributed by atoms with van der Waals surface area (Å²) in [5.41, 5.74) is 2.47. The van der Waals surface area contributed by atoms with E-state index in [1.807, 2.05) is 30.3 Å². The second kappa shape index (κ2) is 7.10. The predicted molar refractivity (Wildman–Crippen MR) is 91.1 cm³/mol. The average Bonchev–Trinajstić information content (AvgIpc) is 3.10. The van der Waals surface area contributed by atoms with Crippen molar-refractivity contribution < 1.29 is 4.79 Å². The maximum atomic E-state index is 12.3. The Bertz CT molecular complexity index is 819. The van der Waals surface area contributed by atoms with Crippen molar-refractivity contribution in [2.45, 2.75) is 6.54 Å². The minimum absolute atomic E-state index is 0.204. The Morgan fingerprint density at radius 1 is 1.25 bits per heavy atom. The summed E-state index contributed by atoms with van der Waals surface area (Å²) < 4.78 is 1.54. The molecule has 0 spiro atoms.